The van der Waals surface area contributed by atoms with Crippen LogP contribution < -0.4 is 0 Å². The SMILES string of the molecule is CC/C=C\C/C=C\C/C=C\C/C=C\C/C=C\C/C=C\CCC(=O)OCC(COP(=O)(O)OCC(O)COP(=O)(O)OCC(COC(=O)CCCCCC/C=C\C/C=C\C/C=C\C/C=C\CC)OC(=O)CCCC/C=C\C/C=C\C/C=C\C/C=C\CC)OC(=O)CCCCCC/C=C\C/C=C\C/C=C\C/C=C\CC. The lowest BCUT2D eigenvalue weighted by molar-refractivity contribution is -0.161. The quantitative estimate of drug-likeness (QED) is 0.0169. The lowest BCUT2D eigenvalue weighted by Crippen LogP contribution is -2.30. The first-order chi connectivity index (χ1) is 52.7. The van der Waals surface area contributed by atoms with Crippen molar-refractivity contribution in [2.24, 2.45) is 0 Å². The number of esters is 4. The first-order valence-corrected chi connectivity index (χ1v) is 43.0. The fourth-order valence-corrected chi connectivity index (χ4v) is 11.1. The summed E-state index contributed by atoms with van der Waals surface area (Å²) in [5.74, 6) is -2.40. The summed E-state index contributed by atoms with van der Waals surface area (Å²) in [7, 11) is -10.0. The van der Waals surface area contributed by atoms with Gasteiger partial charge in [-0.05, 0) is 180 Å². The van der Waals surface area contributed by atoms with Crippen LogP contribution in [0.5, 0.6) is 0 Å². The van der Waals surface area contributed by atoms with Gasteiger partial charge in [0.1, 0.15) is 19.3 Å². The van der Waals surface area contributed by atoms with Gasteiger partial charge in [-0.25, -0.2) is 9.13 Å². The van der Waals surface area contributed by atoms with E-state index in [2.05, 4.69) is 228 Å². The summed E-state index contributed by atoms with van der Waals surface area (Å²) < 4.78 is 68.5. The third-order valence-electron chi connectivity index (χ3n) is 15.4. The van der Waals surface area contributed by atoms with Gasteiger partial charge in [0.2, 0.25) is 0 Å². The van der Waals surface area contributed by atoms with Crippen LogP contribution in [0.25, 0.3) is 0 Å². The fraction of sp³-hybridized carbons (Fsp3) is 0.551. The number of carbonyl (C=O) groups is 4. The summed E-state index contributed by atoms with van der Waals surface area (Å²) in [6, 6.07) is 0. The highest BCUT2D eigenvalue weighted by molar-refractivity contribution is 7.47. The number of phosphoric acid groups is 2. The minimum Gasteiger partial charge on any atom is -0.462 e. The van der Waals surface area contributed by atoms with Crippen molar-refractivity contribution in [2.75, 3.05) is 39.6 Å². The Balaban J connectivity index is 5.55. The molecule has 0 rings (SSSR count). The molecular formula is C89H138O17P2. The van der Waals surface area contributed by atoms with Crippen LogP contribution in [0.4, 0.5) is 0 Å². The Bertz CT molecular complexity index is 2910. The zero-order valence-corrected chi connectivity index (χ0v) is 68.0. The maximum atomic E-state index is 13.1. The van der Waals surface area contributed by atoms with Crippen LogP contribution in [0.15, 0.2) is 219 Å². The van der Waals surface area contributed by atoms with Crippen LogP contribution in [0.2, 0.25) is 0 Å². The molecule has 3 N–H and O–H groups in total. The maximum absolute atomic E-state index is 13.1. The van der Waals surface area contributed by atoms with E-state index in [1.54, 1.807) is 0 Å². The van der Waals surface area contributed by atoms with Crippen LogP contribution in [-0.2, 0) is 65.4 Å². The molecule has 0 spiro atoms. The summed E-state index contributed by atoms with van der Waals surface area (Å²) in [6.07, 6.45) is 99.4. The number of rotatable bonds is 72. The molecule has 0 bridgehead atoms. The highest BCUT2D eigenvalue weighted by atomic mass is 31.2. The summed E-state index contributed by atoms with van der Waals surface area (Å²) in [6.45, 7) is 4.18. The number of hydrogen-bond acceptors (Lipinski definition) is 15. The summed E-state index contributed by atoms with van der Waals surface area (Å²) in [5, 5.41) is 10.6. The summed E-state index contributed by atoms with van der Waals surface area (Å²) in [4.78, 5) is 73.1. The van der Waals surface area contributed by atoms with Crippen molar-refractivity contribution >= 4 is 39.5 Å². The Morgan fingerprint density at radius 2 is 0.472 bits per heavy atom. The predicted molar refractivity (Wildman–Crippen MR) is 445 cm³/mol. The Morgan fingerprint density at radius 3 is 0.759 bits per heavy atom. The monoisotopic (exact) mass is 1540 g/mol. The Hall–Kier alpha value is -6.62. The van der Waals surface area contributed by atoms with Gasteiger partial charge in [0.05, 0.1) is 26.4 Å². The molecule has 606 valence electrons. The molecule has 0 amide bonds. The third kappa shape index (κ3) is 77.5. The molecule has 0 aliphatic rings. The molecule has 0 aliphatic heterocycles. The van der Waals surface area contributed by atoms with Crippen LogP contribution in [0.1, 0.15) is 259 Å². The van der Waals surface area contributed by atoms with Gasteiger partial charge in [-0.15, -0.1) is 0 Å². The topological polar surface area (TPSA) is 237 Å². The molecule has 108 heavy (non-hydrogen) atoms. The zero-order chi connectivity index (χ0) is 78.9. The molecule has 5 atom stereocenters. The van der Waals surface area contributed by atoms with Crippen molar-refractivity contribution in [1.29, 1.82) is 0 Å². The van der Waals surface area contributed by atoms with E-state index in [1.165, 1.54) is 0 Å². The minimum atomic E-state index is -5.02. The van der Waals surface area contributed by atoms with Crippen molar-refractivity contribution < 1.29 is 80.2 Å². The second-order valence-electron chi connectivity index (χ2n) is 25.5. The molecule has 19 heteroatoms. The van der Waals surface area contributed by atoms with Crippen molar-refractivity contribution in [3.63, 3.8) is 0 Å². The van der Waals surface area contributed by atoms with Gasteiger partial charge in [-0.2, -0.15) is 0 Å². The molecule has 0 aromatic rings. The van der Waals surface area contributed by atoms with Crippen molar-refractivity contribution in [3.05, 3.63) is 219 Å². The first-order valence-electron chi connectivity index (χ1n) is 40.0. The number of phosphoric ester groups is 2. The van der Waals surface area contributed by atoms with Gasteiger partial charge in [-0.1, -0.05) is 272 Å². The van der Waals surface area contributed by atoms with Gasteiger partial charge in [0.25, 0.3) is 0 Å². The van der Waals surface area contributed by atoms with Gasteiger partial charge < -0.3 is 33.8 Å². The molecular weight excluding hydrogens is 1400 g/mol. The van der Waals surface area contributed by atoms with E-state index in [9.17, 15) is 43.2 Å². The molecule has 0 radical (unpaired) electrons. The van der Waals surface area contributed by atoms with Crippen LogP contribution in [0.3, 0.4) is 0 Å². The van der Waals surface area contributed by atoms with E-state index < -0.39 is 97.5 Å². The van der Waals surface area contributed by atoms with E-state index >= 15 is 0 Å². The van der Waals surface area contributed by atoms with Crippen LogP contribution >= 0.6 is 15.6 Å². The highest BCUT2D eigenvalue weighted by Gasteiger charge is 2.30. The van der Waals surface area contributed by atoms with Gasteiger partial charge in [0, 0.05) is 25.7 Å². The van der Waals surface area contributed by atoms with Gasteiger partial charge >= 0.3 is 39.5 Å². The number of carbonyl (C=O) groups excluding carboxylic acids is 4. The first kappa shape index (κ1) is 101. The smallest absolute Gasteiger partial charge is 0.462 e. The van der Waals surface area contributed by atoms with Crippen molar-refractivity contribution in [2.45, 2.75) is 277 Å². The number of unbranched alkanes of at least 4 members (excludes halogenated alkanes) is 10. The molecule has 0 aromatic carbocycles. The minimum absolute atomic E-state index is 0.0195. The number of allylic oxidation sites excluding steroid dienone is 36. The number of aliphatic hydroxyl groups excluding tert-OH is 1. The molecule has 0 saturated carbocycles. The number of aliphatic hydroxyl groups is 1. The molecule has 0 heterocycles. The lowest BCUT2D eigenvalue weighted by atomic mass is 10.1. The average molecular weight is 1540 g/mol. The van der Waals surface area contributed by atoms with E-state index in [4.69, 9.17) is 37.0 Å². The lowest BCUT2D eigenvalue weighted by Gasteiger charge is -2.21. The number of ether oxygens (including phenoxy) is 4. The summed E-state index contributed by atoms with van der Waals surface area (Å²) >= 11 is 0. The molecule has 5 unspecified atom stereocenters. The van der Waals surface area contributed by atoms with Crippen LogP contribution in [-0.4, -0.2) is 96.7 Å². The van der Waals surface area contributed by atoms with Crippen molar-refractivity contribution in [3.8, 4) is 0 Å². The maximum Gasteiger partial charge on any atom is 0.472 e. The second kappa shape index (κ2) is 78.5. The van der Waals surface area contributed by atoms with E-state index in [1.807, 2.05) is 18.2 Å². The molecule has 17 nitrogen and oxygen atoms in total. The largest absolute Gasteiger partial charge is 0.472 e. The standard InChI is InChI=1S/C89H138O17P2/c1-5-9-13-17-21-25-29-33-37-40-41-44-47-50-54-58-62-66-70-74-87(92)100-80-85(106-89(94)76-72-68-64-60-56-52-48-43-39-35-31-27-23-19-15-11-7-3)82-104-108(97,98)102-78-83(90)77-101-107(95,96)103-81-84(105-88(93)75-71-67-63-59-55-51-45-36-32-28-24-20-16-12-8-4)79-99-86(91)73-69-65-61-57-53-49-46-42-38-34-30-26-22-18-14-10-6-2/h9-16,21-28,33-39,41,44-46,48-50,52,54-55,59,62,66,83-85,90H,5-8,17-20,29-32,40,42-43,47,51,53,56-58,60-61,63-65,67-82H2,1-4H3,(H,95,96)(H,97,98)/b13-9-,14-10-,15-11-,16-12-,25-21-,26-22-,27-23-,28-24-,37-33-,38-34-,39-35-,44-41-,45-36-,49-46-,52-48-,54-50-,59-55-,66-62-. The Labute approximate surface area is 651 Å². The van der Waals surface area contributed by atoms with E-state index in [0.29, 0.717) is 38.5 Å². The third-order valence-corrected chi connectivity index (χ3v) is 17.3. The Morgan fingerprint density at radius 1 is 0.259 bits per heavy atom. The fourth-order valence-electron chi connectivity index (χ4n) is 9.51. The summed E-state index contributed by atoms with van der Waals surface area (Å²) in [5.41, 5.74) is 0. The molecule has 0 fully saturated rings. The number of hydrogen-bond donors (Lipinski definition) is 3. The predicted octanol–water partition coefficient (Wildman–Crippen LogP) is 23.7. The zero-order valence-electron chi connectivity index (χ0n) is 66.2. The Kier molecular flexibility index (Phi) is 73.7. The molecule has 0 aromatic heterocycles. The van der Waals surface area contributed by atoms with E-state index in [-0.39, 0.29) is 25.7 Å². The molecule has 0 aliphatic carbocycles. The van der Waals surface area contributed by atoms with Crippen LogP contribution in [0, 0.1) is 0 Å². The van der Waals surface area contributed by atoms with Gasteiger partial charge in [0.15, 0.2) is 12.2 Å². The van der Waals surface area contributed by atoms with Gasteiger partial charge in [-0.3, -0.25) is 37.3 Å². The normalized spacial score (nSPS) is 15.0. The van der Waals surface area contributed by atoms with E-state index in [0.717, 1.165) is 167 Å². The highest BCUT2D eigenvalue weighted by Crippen LogP contribution is 2.45. The average Bonchev–Trinajstić information content (AvgIpc) is 0.906. The van der Waals surface area contributed by atoms with Crippen molar-refractivity contribution in [1.82, 2.24) is 0 Å². The second-order valence-corrected chi connectivity index (χ2v) is 28.4. The molecule has 0 saturated heterocycles.